The first-order chi connectivity index (χ1) is 15.6. The van der Waals surface area contributed by atoms with Crippen molar-refractivity contribution in [2.45, 2.75) is 20.8 Å². The molecule has 0 fully saturated rings. The molecule has 0 bridgehead atoms. The molecule has 1 aliphatic heterocycles. The van der Waals surface area contributed by atoms with Gasteiger partial charge in [0.1, 0.15) is 11.5 Å². The van der Waals surface area contributed by atoms with Crippen LogP contribution in [0.25, 0.3) is 22.3 Å². The van der Waals surface area contributed by atoms with Crippen molar-refractivity contribution in [2.24, 2.45) is 0 Å². The first kappa shape index (κ1) is 21.1. The lowest BCUT2D eigenvalue weighted by Gasteiger charge is -2.32. The Bertz CT molecular complexity index is 1330. The Hall–Kier alpha value is -2.79. The number of allylic oxidation sites excluding steroid dienone is 2. The van der Waals surface area contributed by atoms with Crippen LogP contribution in [0.5, 0.6) is 11.5 Å². The van der Waals surface area contributed by atoms with Crippen molar-refractivity contribution in [1.29, 1.82) is 0 Å². The molecule has 0 unspecified atom stereocenters. The molecule has 3 heteroatoms. The molecule has 0 amide bonds. The Balaban J connectivity index is 1.84. The van der Waals surface area contributed by atoms with Crippen LogP contribution in [0, 0.1) is 10.5 Å². The fourth-order valence-electron chi connectivity index (χ4n) is 4.64. The number of hydrogen-bond donors (Lipinski definition) is 0. The van der Waals surface area contributed by atoms with E-state index in [9.17, 15) is 0 Å². The lowest BCUT2D eigenvalue weighted by Crippen LogP contribution is -2.49. The van der Waals surface area contributed by atoms with E-state index in [4.69, 9.17) is 4.74 Å². The first-order valence-electron chi connectivity index (χ1n) is 11.0. The van der Waals surface area contributed by atoms with E-state index < -0.39 is 0 Å². The van der Waals surface area contributed by atoms with E-state index in [2.05, 4.69) is 134 Å². The maximum Gasteiger partial charge on any atom is 0.247 e. The van der Waals surface area contributed by atoms with Crippen molar-refractivity contribution < 1.29 is 4.74 Å². The molecule has 156 valence electrons. The summed E-state index contributed by atoms with van der Waals surface area (Å²) in [6.45, 7) is 6.73. The molecule has 0 saturated heterocycles. The largest absolute Gasteiger partial charge is 0.457 e. The van der Waals surface area contributed by atoms with Gasteiger partial charge in [-0.2, -0.15) is 0 Å². The minimum Gasteiger partial charge on any atom is -0.457 e. The Morgan fingerprint density at radius 1 is 0.812 bits per heavy atom. The number of rotatable bonds is 3. The topological polar surface area (TPSA) is 9.23 Å². The van der Waals surface area contributed by atoms with Crippen LogP contribution in [-0.4, -0.2) is 6.71 Å². The maximum atomic E-state index is 6.88. The molecule has 0 spiro atoms. The molecule has 0 radical (unpaired) electrons. The Morgan fingerprint density at radius 2 is 1.44 bits per heavy atom. The molecule has 1 aliphatic rings. The van der Waals surface area contributed by atoms with Crippen molar-refractivity contribution in [3.05, 3.63) is 106 Å². The van der Waals surface area contributed by atoms with Crippen LogP contribution in [-0.2, 0) is 0 Å². The molecule has 4 aromatic carbocycles. The molecule has 0 N–H and O–H groups in total. The Morgan fingerprint density at radius 3 is 2.06 bits per heavy atom. The number of aryl methyl sites for hydroxylation is 1. The molecular weight excluding hydrogens is 502 g/mol. The minimum absolute atomic E-state index is 0.164. The van der Waals surface area contributed by atoms with Crippen LogP contribution in [0.3, 0.4) is 0 Å². The standard InChI is InChI=1S/C29H24BIO/c1-4-20(3)30-25-17-11-16-23(21-12-7-5-8-13-21)28(25)32-29-24(22-14-9-6-10-15-22)18-19(2)27(31)26(29)30/h4-18H,1-3H3/b20-4+. The molecule has 0 atom stereocenters. The molecule has 4 aromatic rings. The molecule has 0 saturated carbocycles. The highest BCUT2D eigenvalue weighted by Crippen LogP contribution is 2.41. The van der Waals surface area contributed by atoms with E-state index >= 15 is 0 Å². The zero-order valence-corrected chi connectivity index (χ0v) is 20.7. The summed E-state index contributed by atoms with van der Waals surface area (Å²) in [5.41, 5.74) is 9.77. The summed E-state index contributed by atoms with van der Waals surface area (Å²) in [5, 5.41) is 0. The Kier molecular flexibility index (Phi) is 5.68. The van der Waals surface area contributed by atoms with Gasteiger partial charge in [-0.1, -0.05) is 97.3 Å². The van der Waals surface area contributed by atoms with Gasteiger partial charge in [-0.3, -0.25) is 0 Å². The van der Waals surface area contributed by atoms with E-state index in [-0.39, 0.29) is 6.71 Å². The third-order valence-electron chi connectivity index (χ3n) is 6.36. The van der Waals surface area contributed by atoms with E-state index in [0.717, 1.165) is 22.6 Å². The van der Waals surface area contributed by atoms with Gasteiger partial charge in [0.25, 0.3) is 0 Å². The molecule has 0 aromatic heterocycles. The van der Waals surface area contributed by atoms with Crippen LogP contribution in [0.2, 0.25) is 0 Å². The minimum atomic E-state index is 0.164. The van der Waals surface area contributed by atoms with Crippen molar-refractivity contribution in [2.75, 3.05) is 0 Å². The van der Waals surface area contributed by atoms with Crippen LogP contribution in [0.4, 0.5) is 0 Å². The van der Waals surface area contributed by atoms with Crippen LogP contribution < -0.4 is 15.7 Å². The van der Waals surface area contributed by atoms with Crippen LogP contribution >= 0.6 is 22.6 Å². The quantitative estimate of drug-likeness (QED) is 0.204. The number of hydrogen-bond acceptors (Lipinski definition) is 1. The zero-order valence-electron chi connectivity index (χ0n) is 18.5. The Labute approximate surface area is 204 Å². The summed E-state index contributed by atoms with van der Waals surface area (Å²) in [6.07, 6.45) is 2.24. The second kappa shape index (κ2) is 8.63. The number of benzene rings is 4. The number of halogens is 1. The van der Waals surface area contributed by atoms with Gasteiger partial charge in [0, 0.05) is 14.7 Å². The molecule has 1 heterocycles. The zero-order chi connectivity index (χ0) is 22.2. The number of ether oxygens (including phenoxy) is 1. The maximum absolute atomic E-state index is 6.88. The third-order valence-corrected chi connectivity index (χ3v) is 7.79. The fourth-order valence-corrected chi connectivity index (χ4v) is 5.35. The molecule has 1 nitrogen and oxygen atoms in total. The normalized spacial score (nSPS) is 12.8. The molecular formula is C29H24BIO. The van der Waals surface area contributed by atoms with Gasteiger partial charge >= 0.3 is 0 Å². The van der Waals surface area contributed by atoms with E-state index in [1.165, 1.54) is 36.7 Å². The van der Waals surface area contributed by atoms with E-state index in [1.54, 1.807) is 0 Å². The summed E-state index contributed by atoms with van der Waals surface area (Å²) in [4.78, 5) is 0. The monoisotopic (exact) mass is 526 g/mol. The van der Waals surface area contributed by atoms with Gasteiger partial charge in [-0.25, -0.2) is 0 Å². The smallest absolute Gasteiger partial charge is 0.247 e. The highest BCUT2D eigenvalue weighted by atomic mass is 127. The average Bonchev–Trinajstić information content (AvgIpc) is 2.85. The lowest BCUT2D eigenvalue weighted by atomic mass is 9.35. The van der Waals surface area contributed by atoms with Crippen LogP contribution in [0.1, 0.15) is 19.4 Å². The van der Waals surface area contributed by atoms with Gasteiger partial charge in [0.2, 0.25) is 6.71 Å². The van der Waals surface area contributed by atoms with Crippen molar-refractivity contribution in [1.82, 2.24) is 0 Å². The van der Waals surface area contributed by atoms with Crippen molar-refractivity contribution in [3.63, 3.8) is 0 Å². The fraction of sp³-hybridized carbons (Fsp3) is 0.103. The molecule has 0 aliphatic carbocycles. The summed E-state index contributed by atoms with van der Waals surface area (Å²) in [5.74, 6) is 1.95. The van der Waals surface area contributed by atoms with Gasteiger partial charge in [0.05, 0.1) is 0 Å². The van der Waals surface area contributed by atoms with E-state index in [1.807, 2.05) is 0 Å². The van der Waals surface area contributed by atoms with Gasteiger partial charge in [-0.15, -0.1) is 0 Å². The molecule has 5 rings (SSSR count). The molecule has 32 heavy (non-hydrogen) atoms. The van der Waals surface area contributed by atoms with Gasteiger partial charge in [-0.05, 0) is 70.1 Å². The SMILES string of the molecule is C/C=C(\C)B1c2cccc(-c3ccccc3)c2Oc2c(-c3ccccc3)cc(C)c(I)c21. The van der Waals surface area contributed by atoms with Gasteiger partial charge in [0.15, 0.2) is 0 Å². The average molecular weight is 526 g/mol. The summed E-state index contributed by atoms with van der Waals surface area (Å²) in [6, 6.07) is 29.9. The number of para-hydroxylation sites is 1. The predicted molar refractivity (Wildman–Crippen MR) is 146 cm³/mol. The van der Waals surface area contributed by atoms with Gasteiger partial charge < -0.3 is 4.74 Å². The second-order valence-electron chi connectivity index (χ2n) is 8.32. The predicted octanol–water partition coefficient (Wildman–Crippen LogP) is 7.15. The van der Waals surface area contributed by atoms with E-state index in [0.29, 0.717) is 0 Å². The lowest BCUT2D eigenvalue weighted by molar-refractivity contribution is 0.490. The first-order valence-corrected chi connectivity index (χ1v) is 12.1. The number of fused-ring (bicyclic) bond motifs is 2. The van der Waals surface area contributed by atoms with Crippen LogP contribution in [0.15, 0.2) is 96.5 Å². The highest BCUT2D eigenvalue weighted by Gasteiger charge is 2.37. The summed E-state index contributed by atoms with van der Waals surface area (Å²) in [7, 11) is 0. The highest BCUT2D eigenvalue weighted by molar-refractivity contribution is 14.1. The van der Waals surface area contributed by atoms with Crippen molar-refractivity contribution in [3.8, 4) is 33.8 Å². The summed E-state index contributed by atoms with van der Waals surface area (Å²) < 4.78 is 8.15. The van der Waals surface area contributed by atoms with Crippen molar-refractivity contribution >= 4 is 40.2 Å². The second-order valence-corrected chi connectivity index (χ2v) is 9.40. The third kappa shape index (κ3) is 3.49. The summed E-state index contributed by atoms with van der Waals surface area (Å²) >= 11 is 2.50.